The standard InChI is InChI=1S/C12H21NOS/c1-3-11(14)5-4-7-13-9-12-10(2)6-8-15-12/h6,8,11,13-14H,3-5,7,9H2,1-2H3. The van der Waals surface area contributed by atoms with E-state index in [1.165, 1.54) is 10.4 Å². The maximum atomic E-state index is 9.36. The predicted molar refractivity (Wildman–Crippen MR) is 66.3 cm³/mol. The van der Waals surface area contributed by atoms with E-state index in [-0.39, 0.29) is 6.10 Å². The maximum absolute atomic E-state index is 9.36. The maximum Gasteiger partial charge on any atom is 0.0538 e. The molecule has 1 atom stereocenters. The lowest BCUT2D eigenvalue weighted by Gasteiger charge is -2.07. The van der Waals surface area contributed by atoms with Crippen molar-refractivity contribution >= 4 is 11.3 Å². The van der Waals surface area contributed by atoms with Gasteiger partial charge in [0.25, 0.3) is 0 Å². The van der Waals surface area contributed by atoms with Crippen molar-refractivity contribution in [3.05, 3.63) is 21.9 Å². The summed E-state index contributed by atoms with van der Waals surface area (Å²) in [5.41, 5.74) is 1.38. The Balaban J connectivity index is 2.05. The number of nitrogens with one attached hydrogen (secondary N) is 1. The number of aliphatic hydroxyl groups is 1. The van der Waals surface area contributed by atoms with Crippen molar-refractivity contribution in [2.45, 2.75) is 45.8 Å². The van der Waals surface area contributed by atoms with Crippen molar-refractivity contribution in [2.75, 3.05) is 6.54 Å². The van der Waals surface area contributed by atoms with Gasteiger partial charge in [-0.15, -0.1) is 11.3 Å². The van der Waals surface area contributed by atoms with E-state index < -0.39 is 0 Å². The van der Waals surface area contributed by atoms with Crippen molar-refractivity contribution in [1.29, 1.82) is 0 Å². The normalized spacial score (nSPS) is 13.0. The van der Waals surface area contributed by atoms with Gasteiger partial charge in [-0.1, -0.05) is 6.92 Å². The van der Waals surface area contributed by atoms with Crippen LogP contribution in [-0.4, -0.2) is 17.8 Å². The van der Waals surface area contributed by atoms with Crippen LogP contribution in [-0.2, 0) is 6.54 Å². The zero-order valence-corrected chi connectivity index (χ0v) is 10.4. The lowest BCUT2D eigenvalue weighted by Crippen LogP contribution is -2.16. The average molecular weight is 227 g/mol. The van der Waals surface area contributed by atoms with E-state index in [2.05, 4.69) is 23.7 Å². The largest absolute Gasteiger partial charge is 0.393 e. The molecule has 0 aliphatic carbocycles. The quantitative estimate of drug-likeness (QED) is 0.702. The van der Waals surface area contributed by atoms with Gasteiger partial charge in [0.05, 0.1) is 6.10 Å². The van der Waals surface area contributed by atoms with Crippen LogP contribution in [0, 0.1) is 6.92 Å². The minimum absolute atomic E-state index is 0.115. The molecule has 1 heterocycles. The Hall–Kier alpha value is -0.380. The Bertz CT molecular complexity index is 272. The van der Waals surface area contributed by atoms with Gasteiger partial charge >= 0.3 is 0 Å². The van der Waals surface area contributed by atoms with Gasteiger partial charge in [-0.25, -0.2) is 0 Å². The van der Waals surface area contributed by atoms with Gasteiger partial charge < -0.3 is 10.4 Å². The van der Waals surface area contributed by atoms with Crippen LogP contribution in [0.25, 0.3) is 0 Å². The first-order valence-electron chi connectivity index (χ1n) is 5.65. The summed E-state index contributed by atoms with van der Waals surface area (Å²) < 4.78 is 0. The molecule has 2 N–H and O–H groups in total. The van der Waals surface area contributed by atoms with E-state index >= 15 is 0 Å². The number of hydrogen-bond donors (Lipinski definition) is 2. The summed E-state index contributed by atoms with van der Waals surface area (Å²) in [6.45, 7) is 6.13. The van der Waals surface area contributed by atoms with E-state index in [0.717, 1.165) is 32.4 Å². The number of rotatable bonds is 7. The summed E-state index contributed by atoms with van der Waals surface area (Å²) in [6, 6.07) is 2.16. The molecule has 1 aromatic heterocycles. The molecule has 1 rings (SSSR count). The smallest absolute Gasteiger partial charge is 0.0538 e. The molecule has 0 spiro atoms. The molecule has 0 fully saturated rings. The Labute approximate surface area is 96.3 Å². The fourth-order valence-electron chi connectivity index (χ4n) is 1.45. The molecule has 86 valence electrons. The van der Waals surface area contributed by atoms with E-state index in [0.29, 0.717) is 0 Å². The Kier molecular flexibility index (Phi) is 5.91. The van der Waals surface area contributed by atoms with Crippen LogP contribution in [0.4, 0.5) is 0 Å². The molecule has 1 unspecified atom stereocenters. The van der Waals surface area contributed by atoms with Crippen molar-refractivity contribution in [2.24, 2.45) is 0 Å². The molecular formula is C12H21NOS. The lowest BCUT2D eigenvalue weighted by molar-refractivity contribution is 0.157. The van der Waals surface area contributed by atoms with Gasteiger partial charge in [-0.2, -0.15) is 0 Å². The molecule has 0 aromatic carbocycles. The third-order valence-electron chi connectivity index (χ3n) is 2.62. The SMILES string of the molecule is CCC(O)CCCNCc1sccc1C. The summed E-state index contributed by atoms with van der Waals surface area (Å²) in [6.07, 6.45) is 2.71. The molecule has 0 amide bonds. The second-order valence-electron chi connectivity index (χ2n) is 3.91. The van der Waals surface area contributed by atoms with Crippen LogP contribution in [0.3, 0.4) is 0 Å². The topological polar surface area (TPSA) is 32.3 Å². The third kappa shape index (κ3) is 4.78. The lowest BCUT2D eigenvalue weighted by atomic mass is 10.1. The van der Waals surface area contributed by atoms with E-state index in [1.807, 2.05) is 6.92 Å². The fraction of sp³-hybridized carbons (Fsp3) is 0.667. The molecule has 0 aliphatic rings. The molecule has 3 heteroatoms. The van der Waals surface area contributed by atoms with E-state index in [9.17, 15) is 5.11 Å². The predicted octanol–water partition coefficient (Wildman–Crippen LogP) is 2.70. The highest BCUT2D eigenvalue weighted by atomic mass is 32.1. The molecule has 1 aromatic rings. The molecule has 0 saturated carbocycles. The zero-order chi connectivity index (χ0) is 11.1. The van der Waals surface area contributed by atoms with Crippen LogP contribution in [0.2, 0.25) is 0 Å². The average Bonchev–Trinajstić information content (AvgIpc) is 2.63. The summed E-state index contributed by atoms with van der Waals surface area (Å²) in [5.74, 6) is 0. The molecular weight excluding hydrogens is 206 g/mol. The van der Waals surface area contributed by atoms with Crippen LogP contribution >= 0.6 is 11.3 Å². The molecule has 0 saturated heterocycles. The first-order chi connectivity index (χ1) is 7.24. The first-order valence-corrected chi connectivity index (χ1v) is 6.53. The number of thiophene rings is 1. The molecule has 0 aliphatic heterocycles. The van der Waals surface area contributed by atoms with Gasteiger partial charge in [0.1, 0.15) is 0 Å². The molecule has 2 nitrogen and oxygen atoms in total. The van der Waals surface area contributed by atoms with Gasteiger partial charge in [0.2, 0.25) is 0 Å². The van der Waals surface area contributed by atoms with Gasteiger partial charge in [0, 0.05) is 11.4 Å². The second kappa shape index (κ2) is 6.99. The Morgan fingerprint density at radius 1 is 1.53 bits per heavy atom. The molecule has 0 radical (unpaired) electrons. The fourth-order valence-corrected chi connectivity index (χ4v) is 2.33. The monoisotopic (exact) mass is 227 g/mol. The highest BCUT2D eigenvalue weighted by Gasteiger charge is 2.01. The van der Waals surface area contributed by atoms with E-state index in [1.54, 1.807) is 11.3 Å². The van der Waals surface area contributed by atoms with Crippen LogP contribution in [0.15, 0.2) is 11.4 Å². The minimum Gasteiger partial charge on any atom is -0.393 e. The zero-order valence-electron chi connectivity index (χ0n) is 9.62. The van der Waals surface area contributed by atoms with Crippen molar-refractivity contribution in [1.82, 2.24) is 5.32 Å². The minimum atomic E-state index is -0.115. The van der Waals surface area contributed by atoms with Crippen LogP contribution in [0.5, 0.6) is 0 Å². The number of aryl methyl sites for hydroxylation is 1. The highest BCUT2D eigenvalue weighted by Crippen LogP contribution is 2.14. The summed E-state index contributed by atoms with van der Waals surface area (Å²) in [4.78, 5) is 1.42. The van der Waals surface area contributed by atoms with Crippen LogP contribution in [0.1, 0.15) is 36.6 Å². The van der Waals surface area contributed by atoms with Gasteiger partial charge in [0.15, 0.2) is 0 Å². The molecule has 15 heavy (non-hydrogen) atoms. The van der Waals surface area contributed by atoms with Gasteiger partial charge in [-0.3, -0.25) is 0 Å². The highest BCUT2D eigenvalue weighted by molar-refractivity contribution is 7.10. The summed E-state index contributed by atoms with van der Waals surface area (Å²) in [7, 11) is 0. The second-order valence-corrected chi connectivity index (χ2v) is 4.91. The summed E-state index contributed by atoms with van der Waals surface area (Å²) in [5, 5.41) is 14.9. The third-order valence-corrected chi connectivity index (χ3v) is 3.64. The van der Waals surface area contributed by atoms with Gasteiger partial charge in [-0.05, 0) is 49.7 Å². The van der Waals surface area contributed by atoms with Crippen LogP contribution < -0.4 is 5.32 Å². The number of hydrogen-bond acceptors (Lipinski definition) is 3. The Morgan fingerprint density at radius 2 is 2.33 bits per heavy atom. The first kappa shape index (κ1) is 12.7. The van der Waals surface area contributed by atoms with Crippen molar-refractivity contribution in [3.63, 3.8) is 0 Å². The molecule has 0 bridgehead atoms. The van der Waals surface area contributed by atoms with Crippen molar-refractivity contribution < 1.29 is 5.11 Å². The van der Waals surface area contributed by atoms with E-state index in [4.69, 9.17) is 0 Å². The number of aliphatic hydroxyl groups excluding tert-OH is 1. The van der Waals surface area contributed by atoms with Crippen molar-refractivity contribution in [3.8, 4) is 0 Å². The Morgan fingerprint density at radius 3 is 2.93 bits per heavy atom. The summed E-state index contributed by atoms with van der Waals surface area (Å²) >= 11 is 1.81.